The molecule has 2 fully saturated rings. The van der Waals surface area contributed by atoms with E-state index in [1.807, 2.05) is 0 Å². The van der Waals surface area contributed by atoms with Gasteiger partial charge < -0.3 is 15.7 Å². The molecule has 1 saturated carbocycles. The molecule has 0 amide bonds. The van der Waals surface area contributed by atoms with Crippen molar-refractivity contribution in [2.24, 2.45) is 23.0 Å². The van der Waals surface area contributed by atoms with Crippen LogP contribution in [0.4, 0.5) is 0 Å². The van der Waals surface area contributed by atoms with Gasteiger partial charge in [0.1, 0.15) is 0 Å². The summed E-state index contributed by atoms with van der Waals surface area (Å²) in [6.45, 7) is 6.49. The molecule has 0 aromatic heterocycles. The fourth-order valence-electron chi connectivity index (χ4n) is 3.52. The zero-order chi connectivity index (χ0) is 10.9. The summed E-state index contributed by atoms with van der Waals surface area (Å²) in [5, 5.41) is 9.01. The minimum atomic E-state index is 0.278. The van der Waals surface area contributed by atoms with Crippen LogP contribution in [0.1, 0.15) is 26.2 Å². The number of hydrogen-bond donors (Lipinski definition) is 2. The smallest absolute Gasteiger partial charge is 0.0558 e. The van der Waals surface area contributed by atoms with E-state index in [-0.39, 0.29) is 6.61 Å². The van der Waals surface area contributed by atoms with Gasteiger partial charge in [-0.15, -0.1) is 0 Å². The minimum absolute atomic E-state index is 0.278. The Hall–Kier alpha value is -0.120. The Kier molecular flexibility index (Phi) is 3.33. The highest BCUT2D eigenvalue weighted by Crippen LogP contribution is 2.60. The van der Waals surface area contributed by atoms with Crippen LogP contribution in [0, 0.1) is 17.3 Å². The number of nitrogens with two attached hydrogens (primary N) is 1. The molecule has 3 nitrogen and oxygen atoms in total. The van der Waals surface area contributed by atoms with E-state index in [9.17, 15) is 0 Å². The lowest BCUT2D eigenvalue weighted by Crippen LogP contribution is -2.50. The molecule has 2 rings (SSSR count). The van der Waals surface area contributed by atoms with Gasteiger partial charge >= 0.3 is 0 Å². The molecule has 1 aliphatic carbocycles. The van der Waals surface area contributed by atoms with E-state index in [1.165, 1.54) is 25.8 Å². The number of hydrogen-bond acceptors (Lipinski definition) is 3. The normalized spacial score (nSPS) is 34.6. The topological polar surface area (TPSA) is 49.5 Å². The first-order valence-electron chi connectivity index (χ1n) is 6.30. The molecule has 2 atom stereocenters. The Morgan fingerprint density at radius 2 is 2.00 bits per heavy atom. The SMILES string of the molecule is CCC1CN(CCO)CC(CN)C12CC2. The van der Waals surface area contributed by atoms with Crippen molar-refractivity contribution in [1.29, 1.82) is 0 Å². The molecule has 15 heavy (non-hydrogen) atoms. The van der Waals surface area contributed by atoms with E-state index >= 15 is 0 Å². The molecule has 0 aromatic carbocycles. The van der Waals surface area contributed by atoms with Crippen LogP contribution in [0.2, 0.25) is 0 Å². The van der Waals surface area contributed by atoms with Gasteiger partial charge in [-0.25, -0.2) is 0 Å². The summed E-state index contributed by atoms with van der Waals surface area (Å²) < 4.78 is 0. The lowest BCUT2D eigenvalue weighted by Gasteiger charge is -2.44. The molecule has 1 saturated heterocycles. The monoisotopic (exact) mass is 212 g/mol. The average Bonchev–Trinajstić information content (AvgIpc) is 3.02. The summed E-state index contributed by atoms with van der Waals surface area (Å²) in [6, 6.07) is 0. The Labute approximate surface area is 92.6 Å². The predicted octanol–water partition coefficient (Wildman–Crippen LogP) is 0.676. The van der Waals surface area contributed by atoms with Gasteiger partial charge in [-0.05, 0) is 36.6 Å². The van der Waals surface area contributed by atoms with Crippen molar-refractivity contribution in [3.8, 4) is 0 Å². The number of nitrogens with zero attached hydrogens (tertiary/aromatic N) is 1. The molecular formula is C12H24N2O. The molecule has 0 bridgehead atoms. The Morgan fingerprint density at radius 3 is 2.47 bits per heavy atom. The van der Waals surface area contributed by atoms with Gasteiger partial charge in [0, 0.05) is 19.6 Å². The third-order valence-electron chi connectivity index (χ3n) is 4.60. The molecule has 88 valence electrons. The largest absolute Gasteiger partial charge is 0.395 e. The Bertz CT molecular complexity index is 200. The van der Waals surface area contributed by atoms with Crippen LogP contribution in [0.25, 0.3) is 0 Å². The van der Waals surface area contributed by atoms with Gasteiger partial charge in [0.05, 0.1) is 6.61 Å². The van der Waals surface area contributed by atoms with E-state index < -0.39 is 0 Å². The van der Waals surface area contributed by atoms with Crippen molar-refractivity contribution in [2.45, 2.75) is 26.2 Å². The number of rotatable bonds is 4. The fourth-order valence-corrected chi connectivity index (χ4v) is 3.52. The lowest BCUT2D eigenvalue weighted by molar-refractivity contribution is 0.0359. The average molecular weight is 212 g/mol. The van der Waals surface area contributed by atoms with Gasteiger partial charge in [0.25, 0.3) is 0 Å². The minimum Gasteiger partial charge on any atom is -0.395 e. The van der Waals surface area contributed by atoms with Crippen LogP contribution in [-0.4, -0.2) is 42.8 Å². The first-order valence-corrected chi connectivity index (χ1v) is 6.30. The molecule has 3 N–H and O–H groups in total. The van der Waals surface area contributed by atoms with E-state index in [0.29, 0.717) is 11.3 Å². The summed E-state index contributed by atoms with van der Waals surface area (Å²) in [4.78, 5) is 2.40. The third-order valence-corrected chi connectivity index (χ3v) is 4.60. The maximum absolute atomic E-state index is 9.01. The van der Waals surface area contributed by atoms with Crippen LogP contribution >= 0.6 is 0 Å². The van der Waals surface area contributed by atoms with E-state index in [0.717, 1.165) is 25.6 Å². The molecule has 1 heterocycles. The van der Waals surface area contributed by atoms with Crippen LogP contribution in [0.3, 0.4) is 0 Å². The first kappa shape index (κ1) is 11.4. The lowest BCUT2D eigenvalue weighted by atomic mass is 9.73. The van der Waals surface area contributed by atoms with Crippen molar-refractivity contribution in [3.05, 3.63) is 0 Å². The molecule has 0 radical (unpaired) electrons. The first-order chi connectivity index (χ1) is 7.26. The molecular weight excluding hydrogens is 188 g/mol. The maximum atomic E-state index is 9.01. The zero-order valence-corrected chi connectivity index (χ0v) is 9.78. The third kappa shape index (κ3) is 1.93. The van der Waals surface area contributed by atoms with E-state index in [1.54, 1.807) is 0 Å². The second-order valence-corrected chi connectivity index (χ2v) is 5.25. The van der Waals surface area contributed by atoms with Crippen molar-refractivity contribution in [3.63, 3.8) is 0 Å². The van der Waals surface area contributed by atoms with Crippen molar-refractivity contribution in [1.82, 2.24) is 4.90 Å². The molecule has 2 aliphatic rings. The zero-order valence-electron chi connectivity index (χ0n) is 9.78. The van der Waals surface area contributed by atoms with Crippen molar-refractivity contribution in [2.75, 3.05) is 32.8 Å². The number of likely N-dealkylation sites (tertiary alicyclic amines) is 1. The van der Waals surface area contributed by atoms with Crippen LogP contribution in [0.15, 0.2) is 0 Å². The summed E-state index contributed by atoms with van der Waals surface area (Å²) in [5.74, 6) is 1.48. The Morgan fingerprint density at radius 1 is 1.33 bits per heavy atom. The van der Waals surface area contributed by atoms with Gasteiger partial charge in [-0.1, -0.05) is 13.3 Å². The highest BCUT2D eigenvalue weighted by atomic mass is 16.3. The van der Waals surface area contributed by atoms with E-state index in [2.05, 4.69) is 11.8 Å². The van der Waals surface area contributed by atoms with Crippen molar-refractivity contribution < 1.29 is 5.11 Å². The highest BCUT2D eigenvalue weighted by Gasteiger charge is 2.55. The van der Waals surface area contributed by atoms with Gasteiger partial charge in [0.2, 0.25) is 0 Å². The predicted molar refractivity (Wildman–Crippen MR) is 61.5 cm³/mol. The fraction of sp³-hybridized carbons (Fsp3) is 1.00. The van der Waals surface area contributed by atoms with Crippen LogP contribution < -0.4 is 5.73 Å². The number of aliphatic hydroxyl groups is 1. The number of piperidine rings is 1. The van der Waals surface area contributed by atoms with E-state index in [4.69, 9.17) is 10.8 Å². The molecule has 1 spiro atoms. The molecule has 0 aromatic rings. The second-order valence-electron chi connectivity index (χ2n) is 5.25. The summed E-state index contributed by atoms with van der Waals surface area (Å²) in [7, 11) is 0. The number of aliphatic hydroxyl groups excluding tert-OH is 1. The van der Waals surface area contributed by atoms with Crippen molar-refractivity contribution >= 4 is 0 Å². The summed E-state index contributed by atoms with van der Waals surface area (Å²) in [5.41, 5.74) is 6.50. The molecule has 3 heteroatoms. The summed E-state index contributed by atoms with van der Waals surface area (Å²) >= 11 is 0. The van der Waals surface area contributed by atoms with Crippen LogP contribution in [-0.2, 0) is 0 Å². The Balaban J connectivity index is 2.03. The maximum Gasteiger partial charge on any atom is 0.0558 e. The number of β-amino-alcohol motifs (C(OH)–C–C–N with tert-alkyl or cyclic N) is 1. The summed E-state index contributed by atoms with van der Waals surface area (Å²) in [6.07, 6.45) is 4.04. The highest BCUT2D eigenvalue weighted by molar-refractivity contribution is 5.06. The quantitative estimate of drug-likeness (QED) is 0.720. The van der Waals surface area contributed by atoms with Crippen LogP contribution in [0.5, 0.6) is 0 Å². The van der Waals surface area contributed by atoms with Gasteiger partial charge in [-0.2, -0.15) is 0 Å². The van der Waals surface area contributed by atoms with Gasteiger partial charge in [0.15, 0.2) is 0 Å². The second kappa shape index (κ2) is 4.40. The standard InChI is InChI=1S/C12H24N2O/c1-2-10-8-14(5-6-15)9-11(7-13)12(10)3-4-12/h10-11,15H,2-9,13H2,1H3. The molecule has 2 unspecified atom stereocenters. The molecule has 1 aliphatic heterocycles. The van der Waals surface area contributed by atoms with Gasteiger partial charge in [-0.3, -0.25) is 0 Å².